The van der Waals surface area contributed by atoms with Crippen molar-refractivity contribution in [3.63, 3.8) is 0 Å². The van der Waals surface area contributed by atoms with Crippen LogP contribution in [-0.2, 0) is 15.8 Å². The van der Waals surface area contributed by atoms with Gasteiger partial charge in [-0.25, -0.2) is 13.1 Å². The molecule has 0 amide bonds. The maximum absolute atomic E-state index is 11.7. The van der Waals surface area contributed by atoms with Gasteiger partial charge in [0.25, 0.3) is 0 Å². The van der Waals surface area contributed by atoms with Crippen LogP contribution in [0.5, 0.6) is 0 Å². The fraction of sp³-hybridized carbons (Fsp3) is 0.455. The molecule has 0 atom stereocenters. The van der Waals surface area contributed by atoms with E-state index < -0.39 is 10.0 Å². The van der Waals surface area contributed by atoms with E-state index >= 15 is 0 Å². The van der Waals surface area contributed by atoms with E-state index in [1.807, 2.05) is 19.0 Å². The molecule has 6 heteroatoms. The summed E-state index contributed by atoms with van der Waals surface area (Å²) < 4.78 is 26.0. The van der Waals surface area contributed by atoms with E-state index in [1.165, 1.54) is 0 Å². The molecule has 0 unspecified atom stereocenters. The number of hydrogen-bond acceptors (Lipinski definition) is 4. The molecule has 0 spiro atoms. The van der Waals surface area contributed by atoms with Crippen LogP contribution in [0.3, 0.4) is 0 Å². The second kappa shape index (κ2) is 6.00. The van der Waals surface area contributed by atoms with Crippen LogP contribution in [0.15, 0.2) is 24.3 Å². The molecule has 96 valence electrons. The quantitative estimate of drug-likeness (QED) is 0.716. The summed E-state index contributed by atoms with van der Waals surface area (Å²) in [5.41, 5.74) is 6.84. The number of nitrogens with zero attached hydrogens (tertiary/aromatic N) is 1. The summed E-state index contributed by atoms with van der Waals surface area (Å²) in [7, 11) is 0.475. The molecular weight excluding hydrogens is 238 g/mol. The molecule has 0 bridgehead atoms. The van der Waals surface area contributed by atoms with Crippen molar-refractivity contribution in [2.75, 3.05) is 32.9 Å². The molecular formula is C11H19N3O2S. The van der Waals surface area contributed by atoms with Gasteiger partial charge in [0.05, 0.1) is 5.75 Å². The molecule has 5 nitrogen and oxygen atoms in total. The van der Waals surface area contributed by atoms with E-state index in [9.17, 15) is 8.42 Å². The number of hydrogen-bond donors (Lipinski definition) is 2. The van der Waals surface area contributed by atoms with Gasteiger partial charge >= 0.3 is 0 Å². The van der Waals surface area contributed by atoms with E-state index in [0.717, 1.165) is 0 Å². The number of nitrogens with two attached hydrogens (primary N) is 1. The number of sulfonamides is 1. The van der Waals surface area contributed by atoms with Crippen molar-refractivity contribution in [2.24, 2.45) is 0 Å². The summed E-state index contributed by atoms with van der Waals surface area (Å²) in [5, 5.41) is 0. The Bertz CT molecular complexity index is 458. The van der Waals surface area contributed by atoms with Gasteiger partial charge in [-0.05, 0) is 25.7 Å². The van der Waals surface area contributed by atoms with Crippen LogP contribution in [0.1, 0.15) is 5.56 Å². The first kappa shape index (κ1) is 14.0. The molecule has 3 N–H and O–H groups in total. The molecule has 0 aromatic heterocycles. The zero-order valence-electron chi connectivity index (χ0n) is 10.2. The average molecular weight is 257 g/mol. The summed E-state index contributed by atoms with van der Waals surface area (Å²) in [5.74, 6) is -0.0763. The van der Waals surface area contributed by atoms with Gasteiger partial charge in [-0.3, -0.25) is 0 Å². The first-order valence-electron chi connectivity index (χ1n) is 5.36. The molecule has 17 heavy (non-hydrogen) atoms. The van der Waals surface area contributed by atoms with Gasteiger partial charge < -0.3 is 10.6 Å². The van der Waals surface area contributed by atoms with Crippen molar-refractivity contribution in [1.82, 2.24) is 9.62 Å². The van der Waals surface area contributed by atoms with E-state index in [-0.39, 0.29) is 5.75 Å². The van der Waals surface area contributed by atoms with Crippen molar-refractivity contribution in [3.8, 4) is 0 Å². The lowest BCUT2D eigenvalue weighted by Crippen LogP contribution is -2.32. The molecule has 0 heterocycles. The first-order valence-corrected chi connectivity index (χ1v) is 7.01. The molecule has 1 aromatic rings. The second-order valence-electron chi connectivity index (χ2n) is 4.16. The van der Waals surface area contributed by atoms with Crippen molar-refractivity contribution < 1.29 is 8.42 Å². The predicted molar refractivity (Wildman–Crippen MR) is 70.0 cm³/mol. The topological polar surface area (TPSA) is 75.4 Å². The second-order valence-corrected chi connectivity index (χ2v) is 5.96. The van der Waals surface area contributed by atoms with Crippen LogP contribution in [0.25, 0.3) is 0 Å². The van der Waals surface area contributed by atoms with E-state index in [1.54, 1.807) is 24.3 Å². The van der Waals surface area contributed by atoms with Gasteiger partial charge in [0.1, 0.15) is 0 Å². The summed E-state index contributed by atoms with van der Waals surface area (Å²) in [6, 6.07) is 6.98. The Hall–Kier alpha value is -1.11. The lowest BCUT2D eigenvalue weighted by atomic mass is 10.2. The highest BCUT2D eigenvalue weighted by Gasteiger charge is 2.12. The number of para-hydroxylation sites is 1. The number of nitrogens with one attached hydrogen (secondary N) is 1. The van der Waals surface area contributed by atoms with E-state index in [2.05, 4.69) is 4.72 Å². The Morgan fingerprint density at radius 1 is 1.29 bits per heavy atom. The van der Waals surface area contributed by atoms with Crippen molar-refractivity contribution in [1.29, 1.82) is 0 Å². The third-order valence-electron chi connectivity index (χ3n) is 2.28. The minimum absolute atomic E-state index is 0.0763. The molecule has 0 aliphatic rings. The summed E-state index contributed by atoms with van der Waals surface area (Å²) in [4.78, 5) is 1.92. The van der Waals surface area contributed by atoms with Crippen molar-refractivity contribution >= 4 is 15.7 Å². The molecule has 1 aromatic carbocycles. The largest absolute Gasteiger partial charge is 0.398 e. The highest BCUT2D eigenvalue weighted by atomic mass is 32.2. The first-order chi connectivity index (χ1) is 7.91. The van der Waals surface area contributed by atoms with Gasteiger partial charge in [-0.2, -0.15) is 0 Å². The smallest absolute Gasteiger partial charge is 0.215 e. The zero-order chi connectivity index (χ0) is 12.9. The van der Waals surface area contributed by atoms with Crippen LogP contribution in [0.4, 0.5) is 5.69 Å². The summed E-state index contributed by atoms with van der Waals surface area (Å²) in [6.45, 7) is 1.07. The van der Waals surface area contributed by atoms with Crippen LogP contribution in [0, 0.1) is 0 Å². The SMILES string of the molecule is CN(C)CCNS(=O)(=O)Cc1ccccc1N. The maximum atomic E-state index is 11.7. The minimum Gasteiger partial charge on any atom is -0.398 e. The summed E-state index contributed by atoms with van der Waals surface area (Å²) >= 11 is 0. The fourth-order valence-corrected chi connectivity index (χ4v) is 2.52. The van der Waals surface area contributed by atoms with Gasteiger partial charge in [0.15, 0.2) is 0 Å². The van der Waals surface area contributed by atoms with E-state index in [4.69, 9.17) is 5.73 Å². The number of benzene rings is 1. The Morgan fingerprint density at radius 3 is 2.53 bits per heavy atom. The van der Waals surface area contributed by atoms with Gasteiger partial charge in [-0.1, -0.05) is 18.2 Å². The lowest BCUT2D eigenvalue weighted by molar-refractivity contribution is 0.412. The Kier molecular flexibility index (Phi) is 4.92. The highest BCUT2D eigenvalue weighted by Crippen LogP contribution is 2.13. The van der Waals surface area contributed by atoms with Crippen molar-refractivity contribution in [2.45, 2.75) is 5.75 Å². The molecule has 0 aliphatic heterocycles. The number of anilines is 1. The fourth-order valence-electron chi connectivity index (χ4n) is 1.35. The Balaban J connectivity index is 2.58. The van der Waals surface area contributed by atoms with Crippen LogP contribution in [0.2, 0.25) is 0 Å². The van der Waals surface area contributed by atoms with Gasteiger partial charge in [0.2, 0.25) is 10.0 Å². The molecule has 0 saturated carbocycles. The monoisotopic (exact) mass is 257 g/mol. The molecule has 0 radical (unpaired) electrons. The molecule has 0 saturated heterocycles. The molecule has 1 rings (SSSR count). The normalized spacial score (nSPS) is 11.9. The minimum atomic E-state index is -3.31. The van der Waals surface area contributed by atoms with Crippen molar-refractivity contribution in [3.05, 3.63) is 29.8 Å². The van der Waals surface area contributed by atoms with Crippen LogP contribution >= 0.6 is 0 Å². The van der Waals surface area contributed by atoms with Gasteiger partial charge in [-0.15, -0.1) is 0 Å². The third-order valence-corrected chi connectivity index (χ3v) is 3.62. The van der Waals surface area contributed by atoms with Crippen LogP contribution in [-0.4, -0.2) is 40.5 Å². The highest BCUT2D eigenvalue weighted by molar-refractivity contribution is 7.88. The van der Waals surface area contributed by atoms with E-state index in [0.29, 0.717) is 24.3 Å². The Morgan fingerprint density at radius 2 is 1.94 bits per heavy atom. The zero-order valence-corrected chi connectivity index (χ0v) is 11.0. The predicted octanol–water partition coefficient (Wildman–Crippen LogP) is 0.250. The lowest BCUT2D eigenvalue weighted by Gasteiger charge is -2.11. The standard InChI is InChI=1S/C11H19N3O2S/c1-14(2)8-7-13-17(15,16)9-10-5-3-4-6-11(10)12/h3-6,13H,7-9,12H2,1-2H3. The average Bonchev–Trinajstić information content (AvgIpc) is 2.20. The number of likely N-dealkylation sites (N-methyl/N-ethyl adjacent to an activating group) is 1. The van der Waals surface area contributed by atoms with Gasteiger partial charge in [0, 0.05) is 18.8 Å². The number of rotatable bonds is 6. The molecule has 0 fully saturated rings. The third kappa shape index (κ3) is 5.16. The van der Waals surface area contributed by atoms with Crippen LogP contribution < -0.4 is 10.5 Å². The Labute approximate surface area is 103 Å². The molecule has 0 aliphatic carbocycles. The maximum Gasteiger partial charge on any atom is 0.215 e. The summed E-state index contributed by atoms with van der Waals surface area (Å²) in [6.07, 6.45) is 0. The number of nitrogen functional groups attached to an aromatic ring is 1.